The first-order valence-electron chi connectivity index (χ1n) is 8.01. The van der Waals surface area contributed by atoms with Crippen molar-refractivity contribution in [3.05, 3.63) is 71.8 Å². The molecule has 0 spiro atoms. The maximum Gasteiger partial charge on any atom is 0.323 e. The average molecular weight is 321 g/mol. The Hall–Kier alpha value is -2.75. The number of carbonyl (C=O) groups excluding carboxylic acids is 2. The molecule has 2 aromatic carbocycles. The lowest BCUT2D eigenvalue weighted by Crippen LogP contribution is -2.24. The molecule has 4 heteroatoms. The number of esters is 1. The summed E-state index contributed by atoms with van der Waals surface area (Å²) in [4.78, 5) is 29.1. The van der Waals surface area contributed by atoms with E-state index < -0.39 is 18.0 Å². The summed E-state index contributed by atoms with van der Waals surface area (Å²) < 4.78 is 5.29. The summed E-state index contributed by atoms with van der Waals surface area (Å²) in [6, 6.07) is 19.1. The number of carbonyl (C=O) groups is 2. The molecule has 1 aliphatic rings. The quantitative estimate of drug-likeness (QED) is 0.483. The average Bonchev–Trinajstić information content (AvgIpc) is 2.91. The van der Waals surface area contributed by atoms with Gasteiger partial charge in [-0.1, -0.05) is 60.7 Å². The number of nitrogens with zero attached hydrogens (tertiary/aromatic N) is 1. The third-order valence-electron chi connectivity index (χ3n) is 4.14. The van der Waals surface area contributed by atoms with Crippen LogP contribution in [0.15, 0.2) is 65.7 Å². The number of hydrogen-bond donors (Lipinski definition) is 0. The number of aliphatic imine (C=N–C) groups is 1. The molecule has 1 heterocycles. The number of ether oxygens (including phenoxy) is 1. The predicted octanol–water partition coefficient (Wildman–Crippen LogP) is 3.17. The van der Waals surface area contributed by atoms with Crippen LogP contribution in [0.1, 0.15) is 24.2 Å². The molecular weight excluding hydrogens is 302 g/mol. The van der Waals surface area contributed by atoms with E-state index >= 15 is 0 Å². The summed E-state index contributed by atoms with van der Waals surface area (Å²) in [7, 11) is 0. The van der Waals surface area contributed by atoms with Gasteiger partial charge >= 0.3 is 5.97 Å². The molecule has 0 aromatic heterocycles. The van der Waals surface area contributed by atoms with Crippen molar-refractivity contribution >= 4 is 17.5 Å². The van der Waals surface area contributed by atoms with Crippen molar-refractivity contribution in [3.8, 4) is 0 Å². The van der Waals surface area contributed by atoms with Crippen molar-refractivity contribution in [1.29, 1.82) is 0 Å². The fraction of sp³-hybridized carbons (Fsp3) is 0.250. The molecule has 0 bridgehead atoms. The third kappa shape index (κ3) is 3.43. The van der Waals surface area contributed by atoms with Gasteiger partial charge in [0, 0.05) is 17.8 Å². The maximum atomic E-state index is 12.6. The van der Waals surface area contributed by atoms with E-state index in [1.807, 2.05) is 48.5 Å². The van der Waals surface area contributed by atoms with E-state index in [1.54, 1.807) is 19.1 Å². The molecule has 2 atom stereocenters. The number of cyclic esters (lactones) is 1. The van der Waals surface area contributed by atoms with E-state index in [2.05, 4.69) is 4.99 Å². The molecule has 1 saturated heterocycles. The van der Waals surface area contributed by atoms with Crippen LogP contribution in [0.3, 0.4) is 0 Å². The van der Waals surface area contributed by atoms with Crippen LogP contribution in [0.25, 0.3) is 0 Å². The zero-order chi connectivity index (χ0) is 16.9. The second-order valence-electron chi connectivity index (χ2n) is 5.82. The van der Waals surface area contributed by atoms with E-state index in [-0.39, 0.29) is 5.78 Å². The van der Waals surface area contributed by atoms with E-state index in [4.69, 9.17) is 4.74 Å². The number of hydrogen-bond acceptors (Lipinski definition) is 4. The minimum absolute atomic E-state index is 0.229. The van der Waals surface area contributed by atoms with E-state index in [0.717, 1.165) is 6.42 Å². The Kier molecular flexibility index (Phi) is 4.85. The molecule has 2 aromatic rings. The fourth-order valence-corrected chi connectivity index (χ4v) is 2.84. The maximum absolute atomic E-state index is 12.6. The second kappa shape index (κ2) is 7.21. The minimum atomic E-state index is -0.883. The summed E-state index contributed by atoms with van der Waals surface area (Å²) in [5, 5.41) is 0. The van der Waals surface area contributed by atoms with Gasteiger partial charge in [-0.15, -0.1) is 0 Å². The zero-order valence-corrected chi connectivity index (χ0v) is 13.5. The highest BCUT2D eigenvalue weighted by Gasteiger charge is 2.45. The van der Waals surface area contributed by atoms with Gasteiger partial charge in [-0.2, -0.15) is 0 Å². The summed E-state index contributed by atoms with van der Waals surface area (Å²) in [5.74, 6) is -1.62. The van der Waals surface area contributed by atoms with Crippen LogP contribution >= 0.6 is 0 Å². The molecule has 0 N–H and O–H groups in total. The first-order chi connectivity index (χ1) is 11.7. The molecule has 3 rings (SSSR count). The smallest absolute Gasteiger partial charge is 0.323 e. The molecule has 4 nitrogen and oxygen atoms in total. The normalized spacial score (nSPS) is 21.0. The van der Waals surface area contributed by atoms with Crippen molar-refractivity contribution in [1.82, 2.24) is 0 Å². The van der Waals surface area contributed by atoms with Crippen LogP contribution in [0, 0.1) is 5.92 Å². The first-order valence-corrected chi connectivity index (χ1v) is 8.01. The Morgan fingerprint density at radius 1 is 1.00 bits per heavy atom. The monoisotopic (exact) mass is 321 g/mol. The van der Waals surface area contributed by atoms with Crippen molar-refractivity contribution in [2.75, 3.05) is 6.54 Å². The zero-order valence-electron chi connectivity index (χ0n) is 13.5. The molecule has 0 radical (unpaired) electrons. The highest BCUT2D eigenvalue weighted by Crippen LogP contribution is 2.30. The van der Waals surface area contributed by atoms with Gasteiger partial charge in [0.25, 0.3) is 0 Å². The van der Waals surface area contributed by atoms with E-state index in [9.17, 15) is 9.59 Å². The fourth-order valence-electron chi connectivity index (χ4n) is 2.84. The Labute approximate surface area is 141 Å². The first kappa shape index (κ1) is 16.1. The van der Waals surface area contributed by atoms with Crippen LogP contribution in [-0.2, 0) is 20.7 Å². The Balaban J connectivity index is 1.68. The summed E-state index contributed by atoms with van der Waals surface area (Å²) in [5.41, 5.74) is 2.41. The van der Waals surface area contributed by atoms with Crippen LogP contribution in [0.5, 0.6) is 0 Å². The van der Waals surface area contributed by atoms with Crippen molar-refractivity contribution < 1.29 is 14.3 Å². The molecule has 122 valence electrons. The van der Waals surface area contributed by atoms with Gasteiger partial charge in [-0.25, -0.2) is 0 Å². The standard InChI is InChI=1S/C20H19NO3/c1-14(21-13-12-15-8-4-2-5-9-15)17-18(22)19(24-20(17)23)16-10-6-3-7-11-16/h2-11,17,19H,12-13H2,1H3/t17?,19-/m0/s1. The van der Waals surface area contributed by atoms with Crippen molar-refractivity contribution in [3.63, 3.8) is 0 Å². The molecule has 0 amide bonds. The summed E-state index contributed by atoms with van der Waals surface area (Å²) >= 11 is 0. The lowest BCUT2D eigenvalue weighted by molar-refractivity contribution is -0.143. The lowest BCUT2D eigenvalue weighted by Gasteiger charge is -2.07. The molecule has 24 heavy (non-hydrogen) atoms. The van der Waals surface area contributed by atoms with Crippen molar-refractivity contribution in [2.24, 2.45) is 10.9 Å². The number of rotatable bonds is 5. The van der Waals surface area contributed by atoms with Crippen LogP contribution in [-0.4, -0.2) is 24.0 Å². The van der Waals surface area contributed by atoms with E-state index in [1.165, 1.54) is 5.56 Å². The number of benzene rings is 2. The van der Waals surface area contributed by atoms with E-state index in [0.29, 0.717) is 17.8 Å². The molecule has 1 aliphatic heterocycles. The lowest BCUT2D eigenvalue weighted by atomic mass is 9.95. The second-order valence-corrected chi connectivity index (χ2v) is 5.82. The Bertz CT molecular complexity index is 753. The Morgan fingerprint density at radius 3 is 2.29 bits per heavy atom. The van der Waals surface area contributed by atoms with Crippen LogP contribution in [0.4, 0.5) is 0 Å². The van der Waals surface area contributed by atoms with Gasteiger partial charge in [0.15, 0.2) is 17.8 Å². The third-order valence-corrected chi connectivity index (χ3v) is 4.14. The molecule has 0 saturated carbocycles. The van der Waals surface area contributed by atoms with Crippen LogP contribution in [0.2, 0.25) is 0 Å². The van der Waals surface area contributed by atoms with Crippen LogP contribution < -0.4 is 0 Å². The summed E-state index contributed by atoms with van der Waals surface area (Å²) in [6.07, 6.45) is -0.0426. The minimum Gasteiger partial charge on any atom is -0.449 e. The highest BCUT2D eigenvalue weighted by atomic mass is 16.6. The SMILES string of the molecule is CC(=NCCc1ccccc1)C1C(=O)O[C@@H](c2ccccc2)C1=O. The Morgan fingerprint density at radius 2 is 1.62 bits per heavy atom. The number of Topliss-reactive ketones (excluding diaryl/α,β-unsaturated/α-hetero) is 1. The molecular formula is C20H19NO3. The molecule has 0 aliphatic carbocycles. The van der Waals surface area contributed by atoms with Gasteiger partial charge in [0.1, 0.15) is 0 Å². The molecule has 1 unspecified atom stereocenters. The van der Waals surface area contributed by atoms with Crippen molar-refractivity contribution in [2.45, 2.75) is 19.4 Å². The molecule has 1 fully saturated rings. The highest BCUT2D eigenvalue weighted by molar-refractivity contribution is 6.22. The van der Waals surface area contributed by atoms with Gasteiger partial charge < -0.3 is 4.74 Å². The van der Waals surface area contributed by atoms with Gasteiger partial charge in [0.2, 0.25) is 0 Å². The topological polar surface area (TPSA) is 55.7 Å². The van der Waals surface area contributed by atoms with Gasteiger partial charge in [-0.05, 0) is 18.9 Å². The van der Waals surface area contributed by atoms with Gasteiger partial charge in [0.05, 0.1) is 0 Å². The predicted molar refractivity (Wildman–Crippen MR) is 91.9 cm³/mol. The largest absolute Gasteiger partial charge is 0.449 e. The van der Waals surface area contributed by atoms with Gasteiger partial charge in [-0.3, -0.25) is 14.6 Å². The number of ketones is 1. The summed E-state index contributed by atoms with van der Waals surface area (Å²) in [6.45, 7) is 2.27.